The Balaban J connectivity index is 1.59. The highest BCUT2D eigenvalue weighted by Gasteiger charge is 2.22. The molecule has 32 heavy (non-hydrogen) atoms. The van der Waals surface area contributed by atoms with Gasteiger partial charge in [0.05, 0.1) is 17.1 Å². The first-order chi connectivity index (χ1) is 15.5. The lowest BCUT2D eigenvalue weighted by Gasteiger charge is -2.31. The number of carbonyl (C=O) groups is 1. The van der Waals surface area contributed by atoms with E-state index in [4.69, 9.17) is 9.15 Å². The van der Waals surface area contributed by atoms with Gasteiger partial charge in [0.15, 0.2) is 11.3 Å². The Labute approximate surface area is 186 Å². The van der Waals surface area contributed by atoms with E-state index in [9.17, 15) is 14.7 Å². The van der Waals surface area contributed by atoms with Crippen molar-refractivity contribution in [1.82, 2.24) is 0 Å². The van der Waals surface area contributed by atoms with E-state index >= 15 is 0 Å². The molecule has 0 bridgehead atoms. The minimum Gasteiger partial charge on any atom is -0.478 e. The van der Waals surface area contributed by atoms with Crippen LogP contribution in [0.5, 0.6) is 0 Å². The highest BCUT2D eigenvalue weighted by atomic mass is 16.5. The van der Waals surface area contributed by atoms with Crippen molar-refractivity contribution in [3.05, 3.63) is 69.4 Å². The quantitative estimate of drug-likeness (QED) is 0.577. The number of rotatable bonds is 7. The molecule has 1 fully saturated rings. The van der Waals surface area contributed by atoms with Gasteiger partial charge >= 0.3 is 5.97 Å². The Morgan fingerprint density at radius 2 is 1.97 bits per heavy atom. The van der Waals surface area contributed by atoms with Crippen LogP contribution >= 0.6 is 0 Å². The number of piperidine rings is 1. The average molecular weight is 437 g/mol. The summed E-state index contributed by atoms with van der Waals surface area (Å²) in [6, 6.07) is 12.3. The SMILES string of the molecule is COC1CCN(c2cc(=O)c3cc(C)cc(CCNc4ccccc4C(=O)O)c3o2)CC1. The maximum absolute atomic E-state index is 12.9. The number of carboxylic acids is 1. The molecule has 0 spiro atoms. The van der Waals surface area contributed by atoms with Gasteiger partial charge in [0.2, 0.25) is 0 Å². The zero-order chi connectivity index (χ0) is 22.7. The second-order valence-electron chi connectivity index (χ2n) is 8.20. The topological polar surface area (TPSA) is 92.0 Å². The van der Waals surface area contributed by atoms with Crippen LogP contribution < -0.4 is 15.6 Å². The van der Waals surface area contributed by atoms with E-state index in [1.165, 1.54) is 0 Å². The number of benzene rings is 2. The van der Waals surface area contributed by atoms with E-state index in [1.807, 2.05) is 19.1 Å². The third kappa shape index (κ3) is 4.62. The predicted molar refractivity (Wildman–Crippen MR) is 125 cm³/mol. The van der Waals surface area contributed by atoms with E-state index in [0.29, 0.717) is 35.5 Å². The number of nitrogens with zero attached hydrogens (tertiary/aromatic N) is 1. The number of carboxylic acid groups (broad SMARTS) is 1. The second kappa shape index (κ2) is 9.44. The van der Waals surface area contributed by atoms with E-state index < -0.39 is 5.97 Å². The summed E-state index contributed by atoms with van der Waals surface area (Å²) in [6.07, 6.45) is 2.62. The van der Waals surface area contributed by atoms with Crippen molar-refractivity contribution in [2.45, 2.75) is 32.3 Å². The van der Waals surface area contributed by atoms with E-state index in [0.717, 1.165) is 37.1 Å². The van der Waals surface area contributed by atoms with Gasteiger partial charge in [-0.25, -0.2) is 4.79 Å². The number of hydrogen-bond donors (Lipinski definition) is 2. The number of anilines is 2. The summed E-state index contributed by atoms with van der Waals surface area (Å²) in [5, 5.41) is 13.2. The first kappa shape index (κ1) is 21.9. The maximum Gasteiger partial charge on any atom is 0.337 e. The first-order valence-electron chi connectivity index (χ1n) is 10.9. The number of methoxy groups -OCH3 is 1. The van der Waals surface area contributed by atoms with Gasteiger partial charge in [-0.2, -0.15) is 0 Å². The van der Waals surface area contributed by atoms with Gasteiger partial charge in [-0.05, 0) is 55.5 Å². The number of fused-ring (bicyclic) bond motifs is 1. The highest BCUT2D eigenvalue weighted by molar-refractivity contribution is 5.94. The van der Waals surface area contributed by atoms with Crippen molar-refractivity contribution in [2.75, 3.05) is 37.0 Å². The fourth-order valence-electron chi connectivity index (χ4n) is 4.28. The van der Waals surface area contributed by atoms with Crippen molar-refractivity contribution >= 4 is 28.5 Å². The number of aryl methyl sites for hydroxylation is 1. The smallest absolute Gasteiger partial charge is 0.337 e. The molecule has 7 nitrogen and oxygen atoms in total. The average Bonchev–Trinajstić information content (AvgIpc) is 2.79. The number of aromatic carboxylic acids is 1. The summed E-state index contributed by atoms with van der Waals surface area (Å²) in [5.74, 6) is -0.381. The molecule has 3 aromatic rings. The summed E-state index contributed by atoms with van der Waals surface area (Å²) in [6.45, 7) is 4.03. The van der Waals surface area contributed by atoms with Gasteiger partial charge in [0, 0.05) is 38.5 Å². The molecule has 0 atom stereocenters. The van der Waals surface area contributed by atoms with Crippen LogP contribution in [0.15, 0.2) is 51.7 Å². The van der Waals surface area contributed by atoms with Gasteiger partial charge in [-0.15, -0.1) is 0 Å². The molecule has 0 aliphatic carbocycles. The Kier molecular flexibility index (Phi) is 6.46. The Hall–Kier alpha value is -3.32. The molecule has 2 aromatic carbocycles. The van der Waals surface area contributed by atoms with Crippen LogP contribution in [-0.4, -0.2) is 43.9 Å². The standard InChI is InChI=1S/C25H28N2O5/c1-16-13-17(7-10-26-21-6-4-3-5-19(21)25(29)30)24-20(14-16)22(28)15-23(32-24)27-11-8-18(31-2)9-12-27/h3-6,13-15,18,26H,7-12H2,1-2H3,(H,29,30). The lowest BCUT2D eigenvalue weighted by atomic mass is 10.0. The fraction of sp³-hybridized carbons (Fsp3) is 0.360. The van der Waals surface area contributed by atoms with Crippen molar-refractivity contribution < 1.29 is 19.1 Å². The van der Waals surface area contributed by atoms with E-state index in [1.54, 1.807) is 37.4 Å². The minimum absolute atomic E-state index is 0.0516. The lowest BCUT2D eigenvalue weighted by molar-refractivity contribution is 0.0698. The number of hydrogen-bond acceptors (Lipinski definition) is 6. The molecule has 2 N–H and O–H groups in total. The zero-order valence-electron chi connectivity index (χ0n) is 18.4. The summed E-state index contributed by atoms with van der Waals surface area (Å²) in [4.78, 5) is 26.4. The summed E-state index contributed by atoms with van der Waals surface area (Å²) >= 11 is 0. The number of para-hydroxylation sites is 1. The molecule has 168 valence electrons. The van der Waals surface area contributed by atoms with Crippen molar-refractivity contribution in [3.63, 3.8) is 0 Å². The van der Waals surface area contributed by atoms with Crippen LogP contribution in [0.1, 0.15) is 34.3 Å². The molecule has 0 unspecified atom stereocenters. The third-order valence-electron chi connectivity index (χ3n) is 5.99. The summed E-state index contributed by atoms with van der Waals surface area (Å²) < 4.78 is 11.7. The predicted octanol–water partition coefficient (Wildman–Crippen LogP) is 4.07. The van der Waals surface area contributed by atoms with Gasteiger partial charge in [-0.3, -0.25) is 4.79 Å². The molecular formula is C25H28N2O5. The highest BCUT2D eigenvalue weighted by Crippen LogP contribution is 2.27. The fourth-order valence-corrected chi connectivity index (χ4v) is 4.28. The Morgan fingerprint density at radius 1 is 1.22 bits per heavy atom. The minimum atomic E-state index is -0.970. The molecule has 2 heterocycles. The van der Waals surface area contributed by atoms with Crippen LogP contribution in [0, 0.1) is 6.92 Å². The number of ether oxygens (including phenoxy) is 1. The molecule has 0 amide bonds. The summed E-state index contributed by atoms with van der Waals surface area (Å²) in [7, 11) is 1.73. The number of nitrogens with one attached hydrogen (secondary N) is 1. The van der Waals surface area contributed by atoms with Crippen molar-refractivity contribution in [1.29, 1.82) is 0 Å². The normalized spacial score (nSPS) is 14.6. The molecule has 0 saturated carbocycles. The monoisotopic (exact) mass is 436 g/mol. The molecule has 1 aromatic heterocycles. The zero-order valence-corrected chi connectivity index (χ0v) is 18.4. The second-order valence-corrected chi connectivity index (χ2v) is 8.20. The lowest BCUT2D eigenvalue weighted by Crippen LogP contribution is -2.37. The van der Waals surface area contributed by atoms with E-state index in [-0.39, 0.29) is 17.1 Å². The van der Waals surface area contributed by atoms with Crippen molar-refractivity contribution in [2.24, 2.45) is 0 Å². The Bertz CT molecular complexity index is 1180. The van der Waals surface area contributed by atoms with Crippen LogP contribution in [-0.2, 0) is 11.2 Å². The molecule has 1 aliphatic heterocycles. The first-order valence-corrected chi connectivity index (χ1v) is 10.9. The molecule has 1 saturated heterocycles. The molecule has 7 heteroatoms. The Morgan fingerprint density at radius 3 is 2.69 bits per heavy atom. The largest absolute Gasteiger partial charge is 0.478 e. The molecule has 1 aliphatic rings. The van der Waals surface area contributed by atoms with Crippen LogP contribution in [0.2, 0.25) is 0 Å². The maximum atomic E-state index is 12.9. The van der Waals surface area contributed by atoms with Crippen LogP contribution in [0.4, 0.5) is 11.6 Å². The summed E-state index contributed by atoms with van der Waals surface area (Å²) in [5.41, 5.74) is 3.25. The van der Waals surface area contributed by atoms with Gasteiger partial charge in [-0.1, -0.05) is 18.2 Å². The van der Waals surface area contributed by atoms with Gasteiger partial charge in [0.1, 0.15) is 5.58 Å². The van der Waals surface area contributed by atoms with Crippen LogP contribution in [0.25, 0.3) is 11.0 Å². The molecule has 0 radical (unpaired) electrons. The van der Waals surface area contributed by atoms with Gasteiger partial charge < -0.3 is 24.5 Å². The van der Waals surface area contributed by atoms with Crippen molar-refractivity contribution in [3.8, 4) is 0 Å². The third-order valence-corrected chi connectivity index (χ3v) is 5.99. The van der Waals surface area contributed by atoms with Gasteiger partial charge in [0.25, 0.3) is 0 Å². The molecular weight excluding hydrogens is 408 g/mol. The van der Waals surface area contributed by atoms with E-state index in [2.05, 4.69) is 10.2 Å². The van der Waals surface area contributed by atoms with Crippen LogP contribution in [0.3, 0.4) is 0 Å². The molecule has 4 rings (SSSR count).